The lowest BCUT2D eigenvalue weighted by Gasteiger charge is -2.22. The van der Waals surface area contributed by atoms with Crippen LogP contribution in [0.25, 0.3) is 0 Å². The molecule has 0 N–H and O–H groups in total. The predicted octanol–water partition coefficient (Wildman–Crippen LogP) is 1.14. The summed E-state index contributed by atoms with van der Waals surface area (Å²) in [6.45, 7) is 7.64. The van der Waals surface area contributed by atoms with Gasteiger partial charge in [0.1, 0.15) is 0 Å². The van der Waals surface area contributed by atoms with Crippen molar-refractivity contribution in [1.82, 2.24) is 14.5 Å². The van der Waals surface area contributed by atoms with E-state index in [0.29, 0.717) is 6.10 Å². The molecule has 2 heterocycles. The zero-order valence-electron chi connectivity index (χ0n) is 11.3. The van der Waals surface area contributed by atoms with E-state index in [1.807, 2.05) is 12.5 Å². The zero-order chi connectivity index (χ0) is 12.8. The van der Waals surface area contributed by atoms with Crippen LogP contribution in [0.4, 0.5) is 0 Å². The number of nitrogens with zero attached hydrogens (tertiary/aromatic N) is 3. The van der Waals surface area contributed by atoms with Crippen LogP contribution in [0.5, 0.6) is 0 Å². The van der Waals surface area contributed by atoms with Gasteiger partial charge in [-0.3, -0.25) is 4.90 Å². The van der Waals surface area contributed by atoms with Gasteiger partial charge in [0.25, 0.3) is 0 Å². The van der Waals surface area contributed by atoms with Crippen molar-refractivity contribution in [2.24, 2.45) is 0 Å². The van der Waals surface area contributed by atoms with Crippen molar-refractivity contribution in [2.45, 2.75) is 32.5 Å². The molecule has 102 valence electrons. The molecule has 1 aliphatic heterocycles. The van der Waals surface area contributed by atoms with Crippen molar-refractivity contribution in [3.8, 4) is 0 Å². The molecule has 0 amide bonds. The molecule has 1 unspecified atom stereocenters. The Hall–Kier alpha value is -0.910. The molecule has 1 aromatic rings. The summed E-state index contributed by atoms with van der Waals surface area (Å²) in [7, 11) is 1.73. The fourth-order valence-corrected chi connectivity index (χ4v) is 2.32. The lowest BCUT2D eigenvalue weighted by Crippen LogP contribution is -2.30. The van der Waals surface area contributed by atoms with Crippen LogP contribution in [-0.2, 0) is 22.6 Å². The highest BCUT2D eigenvalue weighted by Crippen LogP contribution is 2.10. The third kappa shape index (κ3) is 3.80. The molecule has 1 aliphatic rings. The fourth-order valence-electron chi connectivity index (χ4n) is 2.32. The first-order valence-corrected chi connectivity index (χ1v) is 6.61. The van der Waals surface area contributed by atoms with E-state index in [-0.39, 0.29) is 0 Å². The number of aromatic nitrogens is 2. The summed E-state index contributed by atoms with van der Waals surface area (Å²) in [5, 5.41) is 0. The van der Waals surface area contributed by atoms with E-state index in [2.05, 4.69) is 21.4 Å². The summed E-state index contributed by atoms with van der Waals surface area (Å²) >= 11 is 0. The van der Waals surface area contributed by atoms with Gasteiger partial charge in [-0.1, -0.05) is 0 Å². The Bertz CT molecular complexity index is 354. The molecule has 1 saturated heterocycles. The standard InChI is InChI=1S/C13H23N3O2/c1-12-9-15(4-3-6-18-12)10-13-8-14-11-16(13)5-7-17-2/h8,11-12H,3-7,9-10H2,1-2H3. The van der Waals surface area contributed by atoms with E-state index in [0.717, 1.165) is 45.8 Å². The van der Waals surface area contributed by atoms with Crippen molar-refractivity contribution in [3.63, 3.8) is 0 Å². The Balaban J connectivity index is 1.93. The highest BCUT2D eigenvalue weighted by molar-refractivity contribution is 4.98. The predicted molar refractivity (Wildman–Crippen MR) is 69.4 cm³/mol. The van der Waals surface area contributed by atoms with Gasteiger partial charge in [0.15, 0.2) is 0 Å². The summed E-state index contributed by atoms with van der Waals surface area (Å²) in [6, 6.07) is 0. The molecule has 0 aliphatic carbocycles. The Morgan fingerprint density at radius 3 is 3.28 bits per heavy atom. The third-order valence-corrected chi connectivity index (χ3v) is 3.26. The van der Waals surface area contributed by atoms with E-state index >= 15 is 0 Å². The largest absolute Gasteiger partial charge is 0.383 e. The first-order chi connectivity index (χ1) is 8.79. The van der Waals surface area contributed by atoms with E-state index < -0.39 is 0 Å². The van der Waals surface area contributed by atoms with Crippen LogP contribution in [0.3, 0.4) is 0 Å². The molecule has 5 heteroatoms. The summed E-state index contributed by atoms with van der Waals surface area (Å²) in [6.07, 6.45) is 5.26. The second-order valence-electron chi connectivity index (χ2n) is 4.84. The summed E-state index contributed by atoms with van der Waals surface area (Å²) in [5.74, 6) is 0. The van der Waals surface area contributed by atoms with Crippen LogP contribution in [-0.4, -0.2) is 54.0 Å². The van der Waals surface area contributed by atoms with Crippen LogP contribution >= 0.6 is 0 Å². The first-order valence-electron chi connectivity index (χ1n) is 6.61. The van der Waals surface area contributed by atoms with Gasteiger partial charge in [0.05, 0.1) is 24.7 Å². The number of ether oxygens (including phenoxy) is 2. The van der Waals surface area contributed by atoms with Gasteiger partial charge < -0.3 is 14.0 Å². The average molecular weight is 253 g/mol. The Morgan fingerprint density at radius 1 is 1.56 bits per heavy atom. The van der Waals surface area contributed by atoms with Gasteiger partial charge in [-0.05, 0) is 13.3 Å². The molecular formula is C13H23N3O2. The van der Waals surface area contributed by atoms with E-state index in [9.17, 15) is 0 Å². The van der Waals surface area contributed by atoms with E-state index in [1.165, 1.54) is 5.69 Å². The van der Waals surface area contributed by atoms with E-state index in [1.54, 1.807) is 7.11 Å². The number of imidazole rings is 1. The molecule has 1 aromatic heterocycles. The topological polar surface area (TPSA) is 39.5 Å². The minimum Gasteiger partial charge on any atom is -0.383 e. The van der Waals surface area contributed by atoms with Gasteiger partial charge >= 0.3 is 0 Å². The second-order valence-corrected chi connectivity index (χ2v) is 4.84. The van der Waals surface area contributed by atoms with Crippen LogP contribution in [0.15, 0.2) is 12.5 Å². The van der Waals surface area contributed by atoms with Crippen molar-refractivity contribution in [1.29, 1.82) is 0 Å². The minimum atomic E-state index is 0.322. The Morgan fingerprint density at radius 2 is 2.44 bits per heavy atom. The smallest absolute Gasteiger partial charge is 0.0949 e. The summed E-state index contributed by atoms with van der Waals surface area (Å²) in [5.41, 5.74) is 1.25. The molecule has 0 spiro atoms. The molecule has 0 aromatic carbocycles. The van der Waals surface area contributed by atoms with E-state index in [4.69, 9.17) is 9.47 Å². The maximum absolute atomic E-state index is 5.66. The number of hydrogen-bond acceptors (Lipinski definition) is 4. The van der Waals surface area contributed by atoms with Gasteiger partial charge in [-0.15, -0.1) is 0 Å². The quantitative estimate of drug-likeness (QED) is 0.789. The molecule has 0 radical (unpaired) electrons. The average Bonchev–Trinajstić information content (AvgIpc) is 2.68. The highest BCUT2D eigenvalue weighted by atomic mass is 16.5. The maximum Gasteiger partial charge on any atom is 0.0949 e. The lowest BCUT2D eigenvalue weighted by molar-refractivity contribution is 0.0664. The van der Waals surface area contributed by atoms with Crippen LogP contribution in [0, 0.1) is 0 Å². The SMILES string of the molecule is COCCn1cncc1CN1CCCOC(C)C1. The van der Waals surface area contributed by atoms with Gasteiger partial charge in [-0.2, -0.15) is 0 Å². The molecule has 18 heavy (non-hydrogen) atoms. The van der Waals surface area contributed by atoms with Gasteiger partial charge in [0.2, 0.25) is 0 Å². The second kappa shape index (κ2) is 6.87. The number of hydrogen-bond donors (Lipinski definition) is 0. The molecule has 1 fully saturated rings. The summed E-state index contributed by atoms with van der Waals surface area (Å²) < 4.78 is 12.9. The molecule has 0 saturated carbocycles. The summed E-state index contributed by atoms with van der Waals surface area (Å²) in [4.78, 5) is 6.67. The van der Waals surface area contributed by atoms with Crippen molar-refractivity contribution >= 4 is 0 Å². The fraction of sp³-hybridized carbons (Fsp3) is 0.769. The number of rotatable bonds is 5. The van der Waals surface area contributed by atoms with Crippen molar-refractivity contribution < 1.29 is 9.47 Å². The molecular weight excluding hydrogens is 230 g/mol. The van der Waals surface area contributed by atoms with Crippen LogP contribution in [0.1, 0.15) is 19.0 Å². The molecule has 2 rings (SSSR count). The van der Waals surface area contributed by atoms with Gasteiger partial charge in [0, 0.05) is 46.1 Å². The van der Waals surface area contributed by atoms with Crippen LogP contribution < -0.4 is 0 Å². The molecule has 5 nitrogen and oxygen atoms in total. The third-order valence-electron chi connectivity index (χ3n) is 3.26. The zero-order valence-corrected chi connectivity index (χ0v) is 11.3. The Labute approximate surface area is 109 Å². The normalized spacial score (nSPS) is 22.0. The van der Waals surface area contributed by atoms with Gasteiger partial charge in [-0.25, -0.2) is 4.98 Å². The van der Waals surface area contributed by atoms with Crippen molar-refractivity contribution in [3.05, 3.63) is 18.2 Å². The molecule has 0 bridgehead atoms. The number of methoxy groups -OCH3 is 1. The highest BCUT2D eigenvalue weighted by Gasteiger charge is 2.16. The molecule has 1 atom stereocenters. The monoisotopic (exact) mass is 253 g/mol. The first kappa shape index (κ1) is 13.5. The van der Waals surface area contributed by atoms with Crippen LogP contribution in [0.2, 0.25) is 0 Å². The minimum absolute atomic E-state index is 0.322. The Kier molecular flexibility index (Phi) is 5.16. The maximum atomic E-state index is 5.66. The lowest BCUT2D eigenvalue weighted by atomic mass is 10.3. The van der Waals surface area contributed by atoms with Crippen molar-refractivity contribution in [2.75, 3.05) is 33.4 Å².